The van der Waals surface area contributed by atoms with Crippen LogP contribution in [0.1, 0.15) is 12.8 Å². The molecule has 1 aliphatic rings. The first-order chi connectivity index (χ1) is 14.5. The van der Waals surface area contributed by atoms with Gasteiger partial charge in [-0.1, -0.05) is 35.0 Å². The lowest BCUT2D eigenvalue weighted by Crippen LogP contribution is -2.24. The van der Waals surface area contributed by atoms with E-state index in [1.807, 2.05) is 0 Å². The molecule has 3 aromatic rings. The summed E-state index contributed by atoms with van der Waals surface area (Å²) >= 11 is 13.3. The maximum atomic E-state index is 12.3. The number of thioether (sulfide) groups is 1. The van der Waals surface area contributed by atoms with Gasteiger partial charge < -0.3 is 14.6 Å². The van der Waals surface area contributed by atoms with Crippen LogP contribution in [0, 0.1) is 0 Å². The summed E-state index contributed by atoms with van der Waals surface area (Å²) in [5.41, 5.74) is 1.95. The van der Waals surface area contributed by atoms with Crippen LogP contribution in [0.2, 0.25) is 10.0 Å². The van der Waals surface area contributed by atoms with Crippen LogP contribution in [-0.2, 0) is 9.59 Å². The summed E-state index contributed by atoms with van der Waals surface area (Å²) in [6, 6.07) is 12.1. The summed E-state index contributed by atoms with van der Waals surface area (Å²) in [6.07, 6.45) is 1.35. The van der Waals surface area contributed by atoms with Crippen molar-refractivity contribution in [3.05, 3.63) is 52.5 Å². The average Bonchev–Trinajstić information content (AvgIpc) is 3.36. The number of halogens is 2. The molecule has 0 bridgehead atoms. The van der Waals surface area contributed by atoms with Gasteiger partial charge in [0.05, 0.1) is 16.5 Å². The highest BCUT2D eigenvalue weighted by molar-refractivity contribution is 7.99. The summed E-state index contributed by atoms with van der Waals surface area (Å²) in [4.78, 5) is 25.8. The Hall–Kier alpha value is -2.55. The first-order valence-electron chi connectivity index (χ1n) is 9.11. The van der Waals surface area contributed by atoms with E-state index in [0.717, 1.165) is 23.7 Å². The molecule has 0 aliphatic carbocycles. The molecular weight excluding hydrogens is 447 g/mol. The molecule has 7 nitrogen and oxygen atoms in total. The fraction of sp³-hybridized carbons (Fsp3) is 0.200. The number of nitrogens with zero attached hydrogens (tertiary/aromatic N) is 3. The van der Waals surface area contributed by atoms with Gasteiger partial charge in [0.2, 0.25) is 17.7 Å². The van der Waals surface area contributed by atoms with Crippen molar-refractivity contribution in [3.8, 4) is 11.5 Å². The quantitative estimate of drug-likeness (QED) is 0.523. The van der Waals surface area contributed by atoms with Crippen molar-refractivity contribution in [2.24, 2.45) is 0 Å². The third kappa shape index (κ3) is 4.77. The van der Waals surface area contributed by atoms with E-state index >= 15 is 0 Å². The lowest BCUT2D eigenvalue weighted by Gasteiger charge is -2.18. The van der Waals surface area contributed by atoms with Crippen LogP contribution in [0.15, 0.2) is 52.1 Å². The van der Waals surface area contributed by atoms with Crippen molar-refractivity contribution in [2.45, 2.75) is 18.1 Å². The molecule has 0 unspecified atom stereocenters. The number of carbonyl (C=O) groups is 2. The van der Waals surface area contributed by atoms with E-state index in [2.05, 4.69) is 15.5 Å². The van der Waals surface area contributed by atoms with Crippen molar-refractivity contribution >= 4 is 58.2 Å². The van der Waals surface area contributed by atoms with Crippen molar-refractivity contribution in [2.75, 3.05) is 22.5 Å². The van der Waals surface area contributed by atoms with Crippen LogP contribution >= 0.6 is 35.0 Å². The van der Waals surface area contributed by atoms with Gasteiger partial charge in [-0.15, -0.1) is 10.2 Å². The molecule has 1 aliphatic heterocycles. The molecule has 1 saturated heterocycles. The Labute approximate surface area is 186 Å². The van der Waals surface area contributed by atoms with Crippen molar-refractivity contribution in [3.63, 3.8) is 0 Å². The maximum absolute atomic E-state index is 12.3. The minimum absolute atomic E-state index is 0.0580. The third-order valence-electron chi connectivity index (χ3n) is 4.42. The van der Waals surface area contributed by atoms with Gasteiger partial charge in [-0.3, -0.25) is 9.59 Å². The molecule has 1 fully saturated rings. The molecule has 2 amide bonds. The molecule has 4 rings (SSSR count). The van der Waals surface area contributed by atoms with Gasteiger partial charge in [-0.2, -0.15) is 0 Å². The van der Waals surface area contributed by atoms with E-state index in [4.69, 9.17) is 27.6 Å². The van der Waals surface area contributed by atoms with Gasteiger partial charge in [0.15, 0.2) is 0 Å². The smallest absolute Gasteiger partial charge is 0.277 e. The number of anilines is 2. The number of amides is 2. The Morgan fingerprint density at radius 3 is 2.67 bits per heavy atom. The predicted molar refractivity (Wildman–Crippen MR) is 117 cm³/mol. The number of benzene rings is 2. The largest absolute Gasteiger partial charge is 0.411 e. The topological polar surface area (TPSA) is 88.3 Å². The molecule has 2 heterocycles. The van der Waals surface area contributed by atoms with Crippen LogP contribution in [0.4, 0.5) is 11.4 Å². The minimum atomic E-state index is -0.243. The predicted octanol–water partition coefficient (Wildman–Crippen LogP) is 4.90. The lowest BCUT2D eigenvalue weighted by atomic mass is 10.2. The van der Waals surface area contributed by atoms with Crippen molar-refractivity contribution < 1.29 is 14.0 Å². The minimum Gasteiger partial charge on any atom is -0.411 e. The Morgan fingerprint density at radius 2 is 1.97 bits per heavy atom. The second kappa shape index (κ2) is 9.07. The molecule has 154 valence electrons. The SMILES string of the molecule is O=C(CSc1nnc(-c2ccc(Cl)cc2)o1)Nc1ccc(N2CCCC2=O)c(Cl)c1. The second-order valence-corrected chi connectivity index (χ2v) is 8.30. The van der Waals surface area contributed by atoms with Crippen LogP contribution in [0.25, 0.3) is 11.5 Å². The van der Waals surface area contributed by atoms with E-state index < -0.39 is 0 Å². The summed E-state index contributed by atoms with van der Waals surface area (Å²) in [5, 5.41) is 12.0. The molecular formula is C20H16Cl2N4O3S. The van der Waals surface area contributed by atoms with E-state index in [-0.39, 0.29) is 22.8 Å². The molecule has 10 heteroatoms. The van der Waals surface area contributed by atoms with E-state index in [1.54, 1.807) is 47.4 Å². The Bertz CT molecular complexity index is 1090. The fourth-order valence-corrected chi connectivity index (χ4v) is 3.98. The zero-order chi connectivity index (χ0) is 21.1. The number of rotatable bonds is 6. The second-order valence-electron chi connectivity index (χ2n) is 6.53. The van der Waals surface area contributed by atoms with Gasteiger partial charge in [0.1, 0.15) is 0 Å². The normalized spacial score (nSPS) is 13.7. The number of nitrogens with one attached hydrogen (secondary N) is 1. The van der Waals surface area contributed by atoms with Crippen molar-refractivity contribution in [1.29, 1.82) is 0 Å². The highest BCUT2D eigenvalue weighted by Gasteiger charge is 2.23. The Morgan fingerprint density at radius 1 is 1.17 bits per heavy atom. The van der Waals surface area contributed by atoms with Gasteiger partial charge in [-0.05, 0) is 48.9 Å². The lowest BCUT2D eigenvalue weighted by molar-refractivity contribution is -0.117. The highest BCUT2D eigenvalue weighted by Crippen LogP contribution is 2.32. The molecule has 1 aromatic heterocycles. The zero-order valence-electron chi connectivity index (χ0n) is 15.6. The molecule has 1 N–H and O–H groups in total. The van der Waals surface area contributed by atoms with Crippen LogP contribution in [-0.4, -0.2) is 34.3 Å². The summed E-state index contributed by atoms with van der Waals surface area (Å²) in [7, 11) is 0. The van der Waals surface area contributed by atoms with Crippen LogP contribution in [0.5, 0.6) is 0 Å². The van der Waals surface area contributed by atoms with Gasteiger partial charge >= 0.3 is 0 Å². The Balaban J connectivity index is 1.33. The fourth-order valence-electron chi connectivity index (χ4n) is 3.01. The zero-order valence-corrected chi connectivity index (χ0v) is 17.9. The van der Waals surface area contributed by atoms with Gasteiger partial charge in [-0.25, -0.2) is 0 Å². The van der Waals surface area contributed by atoms with Gasteiger partial charge in [0.25, 0.3) is 5.22 Å². The molecule has 0 spiro atoms. The van der Waals surface area contributed by atoms with Crippen LogP contribution in [0.3, 0.4) is 0 Å². The summed E-state index contributed by atoms with van der Waals surface area (Å²) in [5.74, 6) is 0.259. The highest BCUT2D eigenvalue weighted by atomic mass is 35.5. The molecule has 0 saturated carbocycles. The van der Waals surface area contributed by atoms with Crippen LogP contribution < -0.4 is 10.2 Å². The van der Waals surface area contributed by atoms with E-state index in [1.165, 1.54) is 0 Å². The average molecular weight is 463 g/mol. The van der Waals surface area contributed by atoms with Crippen molar-refractivity contribution in [1.82, 2.24) is 10.2 Å². The van der Waals surface area contributed by atoms with E-state index in [0.29, 0.717) is 40.3 Å². The number of hydrogen-bond donors (Lipinski definition) is 1. The molecule has 2 aromatic carbocycles. The number of carbonyl (C=O) groups excluding carboxylic acids is 2. The first kappa shape index (κ1) is 20.7. The Kier molecular flexibility index (Phi) is 6.26. The third-order valence-corrected chi connectivity index (χ3v) is 5.79. The summed E-state index contributed by atoms with van der Waals surface area (Å²) < 4.78 is 5.57. The monoisotopic (exact) mass is 462 g/mol. The first-order valence-corrected chi connectivity index (χ1v) is 10.9. The molecule has 0 atom stereocenters. The number of hydrogen-bond acceptors (Lipinski definition) is 6. The van der Waals surface area contributed by atoms with E-state index in [9.17, 15) is 9.59 Å². The maximum Gasteiger partial charge on any atom is 0.277 e. The van der Waals surface area contributed by atoms with Gasteiger partial charge in [0, 0.05) is 29.2 Å². The standard InChI is InChI=1S/C20H16Cl2N4O3S/c21-13-5-3-12(4-6-13)19-24-25-20(29-19)30-11-17(27)23-14-7-8-16(15(22)10-14)26-9-1-2-18(26)28/h3-8,10H,1-2,9,11H2,(H,23,27). The summed E-state index contributed by atoms with van der Waals surface area (Å²) in [6.45, 7) is 0.656. The number of aromatic nitrogens is 2. The molecule has 30 heavy (non-hydrogen) atoms. The molecule has 0 radical (unpaired) electrons.